The topological polar surface area (TPSA) is 57.6 Å². The number of nitrogens with zero attached hydrogens (tertiary/aromatic N) is 1. The zero-order chi connectivity index (χ0) is 15.4. The highest BCUT2D eigenvalue weighted by molar-refractivity contribution is 6.37. The molecule has 1 aromatic rings. The second-order valence-corrected chi connectivity index (χ2v) is 5.72. The summed E-state index contributed by atoms with van der Waals surface area (Å²) in [4.78, 5) is 24.6. The first-order chi connectivity index (χ1) is 9.99. The Morgan fingerprint density at radius 3 is 2.29 bits per heavy atom. The van der Waals surface area contributed by atoms with E-state index in [1.165, 1.54) is 6.08 Å². The van der Waals surface area contributed by atoms with E-state index in [0.29, 0.717) is 41.5 Å². The lowest BCUT2D eigenvalue weighted by Gasteiger charge is -2.29. The summed E-state index contributed by atoms with van der Waals surface area (Å²) in [7, 11) is 0. The number of hydrogen-bond acceptors (Lipinski definition) is 2. The molecule has 112 valence electrons. The van der Waals surface area contributed by atoms with Crippen molar-refractivity contribution in [1.82, 2.24) is 4.90 Å². The van der Waals surface area contributed by atoms with Gasteiger partial charge in [-0.1, -0.05) is 29.3 Å². The van der Waals surface area contributed by atoms with Gasteiger partial charge in [0.25, 0.3) is 0 Å². The van der Waals surface area contributed by atoms with E-state index < -0.39 is 5.97 Å². The molecule has 0 aromatic heterocycles. The number of aliphatic carboxylic acids is 1. The molecule has 2 rings (SSSR count). The Hall–Kier alpha value is -1.52. The Labute approximate surface area is 133 Å². The summed E-state index contributed by atoms with van der Waals surface area (Å²) in [5.74, 6) is -1.30. The van der Waals surface area contributed by atoms with Crippen LogP contribution in [0.1, 0.15) is 18.4 Å². The third-order valence-corrected chi connectivity index (χ3v) is 4.21. The summed E-state index contributed by atoms with van der Waals surface area (Å²) < 4.78 is 0. The number of halogens is 2. The maximum Gasteiger partial charge on any atom is 0.306 e. The van der Waals surface area contributed by atoms with Crippen LogP contribution in [-0.2, 0) is 9.59 Å². The lowest BCUT2D eigenvalue weighted by atomic mass is 9.97. The summed E-state index contributed by atoms with van der Waals surface area (Å²) in [6.45, 7) is 0.910. The SMILES string of the molecule is O=C(O)C1CCN(C(=O)/C=C/c2c(Cl)cccc2Cl)CC1. The van der Waals surface area contributed by atoms with E-state index in [9.17, 15) is 9.59 Å². The minimum absolute atomic E-state index is 0.158. The van der Waals surface area contributed by atoms with Crippen molar-refractivity contribution in [1.29, 1.82) is 0 Å². The number of carbonyl (C=O) groups is 2. The summed E-state index contributed by atoms with van der Waals surface area (Å²) in [6, 6.07) is 5.15. The van der Waals surface area contributed by atoms with Crippen molar-refractivity contribution >= 4 is 41.2 Å². The molecule has 0 spiro atoms. The molecule has 1 saturated heterocycles. The van der Waals surface area contributed by atoms with Gasteiger partial charge in [0, 0.05) is 34.8 Å². The van der Waals surface area contributed by atoms with Crippen LogP contribution in [0.2, 0.25) is 10.0 Å². The highest BCUT2D eigenvalue weighted by Crippen LogP contribution is 2.25. The molecule has 1 amide bonds. The molecular weight excluding hydrogens is 313 g/mol. The zero-order valence-corrected chi connectivity index (χ0v) is 12.8. The van der Waals surface area contributed by atoms with Crippen molar-refractivity contribution in [2.75, 3.05) is 13.1 Å². The third-order valence-electron chi connectivity index (χ3n) is 3.55. The molecule has 0 bridgehead atoms. The van der Waals surface area contributed by atoms with Crippen LogP contribution in [0, 0.1) is 5.92 Å². The van der Waals surface area contributed by atoms with Gasteiger partial charge in [0.05, 0.1) is 5.92 Å². The van der Waals surface area contributed by atoms with E-state index in [2.05, 4.69) is 0 Å². The number of hydrogen-bond donors (Lipinski definition) is 1. The summed E-state index contributed by atoms with van der Waals surface area (Å²) >= 11 is 12.1. The molecule has 0 saturated carbocycles. The van der Waals surface area contributed by atoms with Gasteiger partial charge in [-0.05, 0) is 31.1 Å². The fraction of sp³-hybridized carbons (Fsp3) is 0.333. The minimum Gasteiger partial charge on any atom is -0.481 e. The van der Waals surface area contributed by atoms with E-state index in [1.54, 1.807) is 29.2 Å². The van der Waals surface area contributed by atoms with Gasteiger partial charge in [0.15, 0.2) is 0 Å². The highest BCUT2D eigenvalue weighted by Gasteiger charge is 2.25. The number of rotatable bonds is 3. The molecule has 1 N–H and O–H groups in total. The van der Waals surface area contributed by atoms with Gasteiger partial charge >= 0.3 is 5.97 Å². The summed E-state index contributed by atoms with van der Waals surface area (Å²) in [5, 5.41) is 9.89. The average Bonchev–Trinajstić information content (AvgIpc) is 2.46. The van der Waals surface area contributed by atoms with Crippen LogP contribution in [-0.4, -0.2) is 35.0 Å². The van der Waals surface area contributed by atoms with E-state index >= 15 is 0 Å². The van der Waals surface area contributed by atoms with Crippen LogP contribution >= 0.6 is 23.2 Å². The molecule has 1 fully saturated rings. The first kappa shape index (κ1) is 15.9. The van der Waals surface area contributed by atoms with Crippen molar-refractivity contribution in [2.24, 2.45) is 5.92 Å². The van der Waals surface area contributed by atoms with Gasteiger partial charge in [-0.25, -0.2) is 0 Å². The number of carboxylic acid groups (broad SMARTS) is 1. The van der Waals surface area contributed by atoms with Gasteiger partial charge in [-0.2, -0.15) is 0 Å². The molecule has 21 heavy (non-hydrogen) atoms. The average molecular weight is 328 g/mol. The highest BCUT2D eigenvalue weighted by atomic mass is 35.5. The lowest BCUT2D eigenvalue weighted by molar-refractivity contribution is -0.144. The Kier molecular flexibility index (Phi) is 5.26. The molecule has 4 nitrogen and oxygen atoms in total. The predicted molar refractivity (Wildman–Crippen MR) is 82.4 cm³/mol. The molecule has 1 aliphatic rings. The van der Waals surface area contributed by atoms with E-state index in [0.717, 1.165) is 0 Å². The monoisotopic (exact) mass is 327 g/mol. The van der Waals surface area contributed by atoms with Gasteiger partial charge in [-0.3, -0.25) is 9.59 Å². The van der Waals surface area contributed by atoms with Crippen molar-refractivity contribution in [2.45, 2.75) is 12.8 Å². The molecule has 1 heterocycles. The number of carbonyl (C=O) groups excluding carboxylic acids is 1. The molecule has 0 aliphatic carbocycles. The molecule has 0 radical (unpaired) electrons. The fourth-order valence-electron chi connectivity index (χ4n) is 2.28. The molecule has 6 heteroatoms. The molecular formula is C15H15Cl2NO3. The smallest absolute Gasteiger partial charge is 0.306 e. The Bertz CT molecular complexity index is 558. The normalized spacial score (nSPS) is 16.4. The lowest BCUT2D eigenvalue weighted by Crippen LogP contribution is -2.39. The first-order valence-electron chi connectivity index (χ1n) is 6.63. The van der Waals surface area contributed by atoms with Crippen LogP contribution < -0.4 is 0 Å². The van der Waals surface area contributed by atoms with Crippen LogP contribution in [0.25, 0.3) is 6.08 Å². The van der Waals surface area contributed by atoms with E-state index in [4.69, 9.17) is 28.3 Å². The van der Waals surface area contributed by atoms with Gasteiger partial charge in [-0.15, -0.1) is 0 Å². The molecule has 1 aromatic carbocycles. The van der Waals surface area contributed by atoms with Crippen LogP contribution in [0.3, 0.4) is 0 Å². The van der Waals surface area contributed by atoms with Crippen LogP contribution in [0.15, 0.2) is 24.3 Å². The number of benzene rings is 1. The number of likely N-dealkylation sites (tertiary alicyclic amines) is 1. The molecule has 1 aliphatic heterocycles. The van der Waals surface area contributed by atoms with Crippen molar-refractivity contribution in [3.8, 4) is 0 Å². The van der Waals surface area contributed by atoms with Crippen LogP contribution in [0.5, 0.6) is 0 Å². The summed E-state index contributed by atoms with van der Waals surface area (Å²) in [5.41, 5.74) is 0.606. The number of carboxylic acids is 1. The number of amides is 1. The Balaban J connectivity index is 1.99. The first-order valence-corrected chi connectivity index (χ1v) is 7.38. The standard InChI is InChI=1S/C15H15Cl2NO3/c16-12-2-1-3-13(17)11(12)4-5-14(19)18-8-6-10(7-9-18)15(20)21/h1-5,10H,6-9H2,(H,20,21)/b5-4+. The quantitative estimate of drug-likeness (QED) is 0.866. The predicted octanol–water partition coefficient (Wildman–Crippen LogP) is 3.33. The van der Waals surface area contributed by atoms with E-state index in [-0.39, 0.29) is 11.8 Å². The summed E-state index contributed by atoms with van der Waals surface area (Å²) in [6.07, 6.45) is 3.99. The zero-order valence-electron chi connectivity index (χ0n) is 11.3. The maximum absolute atomic E-state index is 12.1. The van der Waals surface area contributed by atoms with Gasteiger partial charge < -0.3 is 10.0 Å². The van der Waals surface area contributed by atoms with Crippen molar-refractivity contribution in [3.63, 3.8) is 0 Å². The fourth-order valence-corrected chi connectivity index (χ4v) is 2.80. The van der Waals surface area contributed by atoms with Crippen molar-refractivity contribution in [3.05, 3.63) is 39.9 Å². The Morgan fingerprint density at radius 1 is 1.19 bits per heavy atom. The molecule has 0 atom stereocenters. The van der Waals surface area contributed by atoms with Gasteiger partial charge in [0.2, 0.25) is 5.91 Å². The Morgan fingerprint density at radius 2 is 1.76 bits per heavy atom. The number of piperidine rings is 1. The third kappa shape index (κ3) is 3.99. The largest absolute Gasteiger partial charge is 0.481 e. The van der Waals surface area contributed by atoms with E-state index in [1.807, 2.05) is 0 Å². The van der Waals surface area contributed by atoms with Crippen LogP contribution in [0.4, 0.5) is 0 Å². The van der Waals surface area contributed by atoms with Gasteiger partial charge in [0.1, 0.15) is 0 Å². The second-order valence-electron chi connectivity index (χ2n) is 4.91. The molecule has 0 unspecified atom stereocenters. The second kappa shape index (κ2) is 6.96. The minimum atomic E-state index is -0.791. The van der Waals surface area contributed by atoms with Crippen molar-refractivity contribution < 1.29 is 14.7 Å². The maximum atomic E-state index is 12.1.